The van der Waals surface area contributed by atoms with Crippen molar-refractivity contribution in [3.8, 4) is 5.75 Å². The summed E-state index contributed by atoms with van der Waals surface area (Å²) in [6.07, 6.45) is 4.96. The molecular weight excluding hydrogens is 221 g/mol. The second-order valence-corrected chi connectivity index (χ2v) is 4.31. The van der Waals surface area contributed by atoms with E-state index in [1.807, 2.05) is 18.2 Å². The first-order valence-electron chi connectivity index (χ1n) is 4.62. The minimum absolute atomic E-state index is 0.550. The van der Waals surface area contributed by atoms with Crippen molar-refractivity contribution in [1.82, 2.24) is 0 Å². The minimum Gasteiger partial charge on any atom is -0.445 e. The highest BCUT2D eigenvalue weighted by Crippen LogP contribution is 2.46. The van der Waals surface area contributed by atoms with Gasteiger partial charge < -0.3 is 4.52 Å². The normalized spacial score (nSPS) is 12.0. The van der Waals surface area contributed by atoms with Gasteiger partial charge in [-0.1, -0.05) is 43.5 Å². The van der Waals surface area contributed by atoms with Gasteiger partial charge in [0.05, 0.1) is 0 Å². The summed E-state index contributed by atoms with van der Waals surface area (Å²) in [5.41, 5.74) is 0. The Morgan fingerprint density at radius 1 is 1.38 bits per heavy atom. The van der Waals surface area contributed by atoms with E-state index < -0.39 is 8.30 Å². The molecule has 0 saturated heterocycles. The van der Waals surface area contributed by atoms with Crippen LogP contribution in [0.3, 0.4) is 0 Å². The van der Waals surface area contributed by atoms with Gasteiger partial charge in [0, 0.05) is 10.3 Å². The maximum absolute atomic E-state index is 10.6. The van der Waals surface area contributed by atoms with Gasteiger partial charge in [0.2, 0.25) is 0 Å². The fourth-order valence-electron chi connectivity index (χ4n) is 0.952. The van der Waals surface area contributed by atoms with Gasteiger partial charge in [-0.2, -0.15) is 0 Å². The fraction of sp³-hybridized carbons (Fsp3) is 0. The van der Waals surface area contributed by atoms with Gasteiger partial charge in [-0.3, -0.25) is 0 Å². The van der Waals surface area contributed by atoms with Crippen LogP contribution in [0.15, 0.2) is 72.0 Å². The van der Waals surface area contributed by atoms with Crippen LogP contribution in [0.4, 0.5) is 0 Å². The van der Waals surface area contributed by atoms with Crippen LogP contribution in [0.5, 0.6) is 5.75 Å². The van der Waals surface area contributed by atoms with E-state index in [0.29, 0.717) is 11.1 Å². The first-order chi connectivity index (χ1) is 7.77. The molecule has 4 heteroatoms. The molecular formula is C12H12NO2P. The molecule has 0 aromatic heterocycles. The third-order valence-corrected chi connectivity index (χ3v) is 2.85. The van der Waals surface area contributed by atoms with E-state index in [9.17, 15) is 4.91 Å². The van der Waals surface area contributed by atoms with Crippen molar-refractivity contribution in [2.75, 3.05) is 0 Å². The smallest absolute Gasteiger partial charge is 0.289 e. The highest BCUT2D eigenvalue weighted by molar-refractivity contribution is 7.56. The van der Waals surface area contributed by atoms with Crippen molar-refractivity contribution in [1.29, 1.82) is 0 Å². The van der Waals surface area contributed by atoms with Crippen molar-refractivity contribution >= 4 is 8.30 Å². The maximum Gasteiger partial charge on any atom is 0.289 e. The van der Waals surface area contributed by atoms with Crippen LogP contribution < -0.4 is 4.52 Å². The molecule has 1 unspecified atom stereocenters. The van der Waals surface area contributed by atoms with Crippen LogP contribution in [-0.4, -0.2) is 0 Å². The quantitative estimate of drug-likeness (QED) is 0.415. The van der Waals surface area contributed by atoms with Gasteiger partial charge >= 0.3 is 0 Å². The standard InChI is InChI=1S/C12H12NO2P/c1-3-4-8-11(2)16(13-14)15-12-9-6-5-7-10-12/h3-10H,1-2H2/b8-4-. The lowest BCUT2D eigenvalue weighted by molar-refractivity contribution is 0.620. The summed E-state index contributed by atoms with van der Waals surface area (Å²) in [6, 6.07) is 9.07. The van der Waals surface area contributed by atoms with Gasteiger partial charge in [-0.15, -0.1) is 4.91 Å². The lowest BCUT2D eigenvalue weighted by atomic mass is 10.3. The number of nitrogens with zero attached hydrogens (tertiary/aromatic N) is 1. The van der Waals surface area contributed by atoms with Crippen molar-refractivity contribution in [3.63, 3.8) is 0 Å². The fourth-order valence-corrected chi connectivity index (χ4v) is 1.74. The molecule has 0 heterocycles. The van der Waals surface area contributed by atoms with Gasteiger partial charge in [0.15, 0.2) is 0 Å². The number of allylic oxidation sites excluding steroid dienone is 4. The highest BCUT2D eigenvalue weighted by atomic mass is 31.2. The molecule has 0 spiro atoms. The van der Waals surface area contributed by atoms with Gasteiger partial charge in [0.1, 0.15) is 5.75 Å². The lowest BCUT2D eigenvalue weighted by Crippen LogP contribution is -1.85. The van der Waals surface area contributed by atoms with Gasteiger partial charge in [0.25, 0.3) is 8.30 Å². The van der Waals surface area contributed by atoms with E-state index in [4.69, 9.17) is 4.52 Å². The van der Waals surface area contributed by atoms with Gasteiger partial charge in [-0.05, 0) is 18.2 Å². The van der Waals surface area contributed by atoms with E-state index in [1.165, 1.54) is 0 Å². The van der Waals surface area contributed by atoms with Crippen LogP contribution in [0, 0.1) is 4.91 Å². The predicted octanol–water partition coefficient (Wildman–Crippen LogP) is 4.40. The summed E-state index contributed by atoms with van der Waals surface area (Å²) < 4.78 is 5.42. The van der Waals surface area contributed by atoms with E-state index in [-0.39, 0.29) is 0 Å². The first kappa shape index (κ1) is 12.3. The predicted molar refractivity (Wildman–Crippen MR) is 68.3 cm³/mol. The van der Waals surface area contributed by atoms with E-state index in [2.05, 4.69) is 18.1 Å². The topological polar surface area (TPSA) is 38.7 Å². The third kappa shape index (κ3) is 3.79. The molecule has 0 radical (unpaired) electrons. The van der Waals surface area contributed by atoms with Crippen LogP contribution in [-0.2, 0) is 0 Å². The Bertz CT molecular complexity index is 401. The Kier molecular flexibility index (Phi) is 5.17. The first-order valence-corrected chi connectivity index (χ1v) is 5.83. The molecule has 1 atom stereocenters. The summed E-state index contributed by atoms with van der Waals surface area (Å²) in [5, 5.41) is 0.550. The number of nitroso groups, excluding NO2 is 1. The summed E-state index contributed by atoms with van der Waals surface area (Å²) in [4.78, 5) is 13.6. The number of benzene rings is 1. The van der Waals surface area contributed by atoms with Crippen molar-refractivity contribution < 1.29 is 4.52 Å². The zero-order valence-corrected chi connectivity index (χ0v) is 9.64. The molecule has 0 N–H and O–H groups in total. The largest absolute Gasteiger partial charge is 0.445 e. The zero-order valence-electron chi connectivity index (χ0n) is 8.74. The maximum atomic E-state index is 10.6. The molecule has 0 aliphatic carbocycles. The van der Waals surface area contributed by atoms with E-state index in [0.717, 1.165) is 0 Å². The molecule has 0 saturated carbocycles. The molecule has 0 aliphatic rings. The van der Waals surface area contributed by atoms with E-state index >= 15 is 0 Å². The summed E-state index contributed by atoms with van der Waals surface area (Å²) in [6.45, 7) is 7.27. The second-order valence-electron chi connectivity index (χ2n) is 2.85. The van der Waals surface area contributed by atoms with Crippen LogP contribution in [0.2, 0.25) is 0 Å². The van der Waals surface area contributed by atoms with Crippen molar-refractivity contribution in [2.45, 2.75) is 0 Å². The highest BCUT2D eigenvalue weighted by Gasteiger charge is 2.13. The molecule has 16 heavy (non-hydrogen) atoms. The molecule has 1 aromatic carbocycles. The van der Waals surface area contributed by atoms with Crippen molar-refractivity contribution in [2.24, 2.45) is 4.95 Å². The van der Waals surface area contributed by atoms with Crippen LogP contribution in [0.25, 0.3) is 0 Å². The number of para-hydroxylation sites is 1. The van der Waals surface area contributed by atoms with E-state index in [1.54, 1.807) is 30.4 Å². The summed E-state index contributed by atoms with van der Waals surface area (Å²) in [7, 11) is -1.57. The Hall–Kier alpha value is -1.73. The van der Waals surface area contributed by atoms with Gasteiger partial charge in [-0.25, -0.2) is 0 Å². The molecule has 1 aromatic rings. The Morgan fingerprint density at radius 3 is 2.62 bits per heavy atom. The molecule has 0 amide bonds. The molecule has 82 valence electrons. The second kappa shape index (κ2) is 6.70. The molecule has 0 bridgehead atoms. The third-order valence-electron chi connectivity index (χ3n) is 1.68. The number of hydrogen-bond donors (Lipinski definition) is 0. The van der Waals surface area contributed by atoms with Crippen molar-refractivity contribution in [3.05, 3.63) is 71.9 Å². The molecule has 3 nitrogen and oxygen atoms in total. The Labute approximate surface area is 96.0 Å². The summed E-state index contributed by atoms with van der Waals surface area (Å²) >= 11 is 0. The average molecular weight is 233 g/mol. The summed E-state index contributed by atoms with van der Waals surface area (Å²) in [5.74, 6) is 0.612. The van der Waals surface area contributed by atoms with Crippen LogP contribution >= 0.6 is 8.30 Å². The Balaban J connectivity index is 2.69. The molecule has 0 aliphatic heterocycles. The molecule has 0 fully saturated rings. The zero-order chi connectivity index (χ0) is 11.8. The number of hydrogen-bond acceptors (Lipinski definition) is 3. The average Bonchev–Trinajstić information content (AvgIpc) is 2.34. The monoisotopic (exact) mass is 233 g/mol. The SMILES string of the molecule is C=C/C=C\C(=C)P(N=O)Oc1ccccc1. The van der Waals surface area contributed by atoms with Crippen LogP contribution in [0.1, 0.15) is 0 Å². The number of rotatable bonds is 6. The lowest BCUT2D eigenvalue weighted by Gasteiger charge is -2.10. The Morgan fingerprint density at radius 2 is 2.06 bits per heavy atom. The molecule has 1 rings (SSSR count). The minimum atomic E-state index is -1.57.